The summed E-state index contributed by atoms with van der Waals surface area (Å²) in [5.41, 5.74) is -0.751. The smallest absolute Gasteiger partial charge is 0.323 e. The fourth-order valence-electron chi connectivity index (χ4n) is 3.96. The van der Waals surface area contributed by atoms with Crippen LogP contribution in [0.5, 0.6) is 0 Å². The Morgan fingerprint density at radius 3 is 2.30 bits per heavy atom. The van der Waals surface area contributed by atoms with Crippen molar-refractivity contribution in [1.29, 1.82) is 0 Å². The minimum absolute atomic E-state index is 0.0263. The van der Waals surface area contributed by atoms with Crippen molar-refractivity contribution in [2.45, 2.75) is 33.1 Å². The van der Waals surface area contributed by atoms with E-state index in [-0.39, 0.29) is 11.7 Å². The highest BCUT2D eigenvalue weighted by molar-refractivity contribution is 6.01. The molecule has 2 rings (SSSR count). The summed E-state index contributed by atoms with van der Waals surface area (Å²) in [5.74, 6) is -1.06. The molecular formula is C15H20O5. The first-order chi connectivity index (χ1) is 9.29. The van der Waals surface area contributed by atoms with Crippen LogP contribution < -0.4 is 0 Å². The van der Waals surface area contributed by atoms with Crippen LogP contribution in [0.4, 0.5) is 0 Å². The topological polar surface area (TPSA) is 69.7 Å². The molecule has 1 fully saturated rings. The van der Waals surface area contributed by atoms with Gasteiger partial charge in [0.05, 0.1) is 14.2 Å². The maximum atomic E-state index is 12.2. The average molecular weight is 280 g/mol. The number of esters is 2. The third-order valence-corrected chi connectivity index (χ3v) is 4.77. The number of hydrogen-bond acceptors (Lipinski definition) is 5. The lowest BCUT2D eigenvalue weighted by atomic mass is 9.69. The molecule has 0 aromatic heterocycles. The molecule has 0 spiro atoms. The average Bonchev–Trinajstić information content (AvgIpc) is 2.71. The molecule has 0 amide bonds. The molecule has 1 saturated carbocycles. The summed E-state index contributed by atoms with van der Waals surface area (Å²) < 4.78 is 9.66. The number of ether oxygens (including phenoxy) is 2. The van der Waals surface area contributed by atoms with E-state index in [2.05, 4.69) is 0 Å². The van der Waals surface area contributed by atoms with Crippen molar-refractivity contribution in [3.05, 3.63) is 11.6 Å². The van der Waals surface area contributed by atoms with Crippen molar-refractivity contribution in [3.63, 3.8) is 0 Å². The summed E-state index contributed by atoms with van der Waals surface area (Å²) in [6.07, 6.45) is 2.61. The molecule has 0 radical (unpaired) electrons. The fraction of sp³-hybridized carbons (Fsp3) is 0.667. The highest BCUT2D eigenvalue weighted by Gasteiger charge is 2.62. The van der Waals surface area contributed by atoms with Gasteiger partial charge >= 0.3 is 11.9 Å². The van der Waals surface area contributed by atoms with Crippen LogP contribution in [0.3, 0.4) is 0 Å². The van der Waals surface area contributed by atoms with Crippen LogP contribution in [0.1, 0.15) is 33.1 Å². The van der Waals surface area contributed by atoms with E-state index >= 15 is 0 Å². The number of carbonyl (C=O) groups is 3. The highest BCUT2D eigenvalue weighted by Crippen LogP contribution is 2.59. The summed E-state index contributed by atoms with van der Waals surface area (Å²) >= 11 is 0. The molecule has 0 bridgehead atoms. The van der Waals surface area contributed by atoms with Gasteiger partial charge in [0.1, 0.15) is 0 Å². The quantitative estimate of drug-likeness (QED) is 0.568. The lowest BCUT2D eigenvalue weighted by Crippen LogP contribution is -2.40. The van der Waals surface area contributed by atoms with Crippen molar-refractivity contribution in [3.8, 4) is 0 Å². The zero-order chi connectivity index (χ0) is 15.1. The van der Waals surface area contributed by atoms with Gasteiger partial charge in [-0.05, 0) is 37.2 Å². The van der Waals surface area contributed by atoms with Gasteiger partial charge < -0.3 is 9.47 Å². The highest BCUT2D eigenvalue weighted by atomic mass is 16.5. The van der Waals surface area contributed by atoms with E-state index in [9.17, 15) is 14.4 Å². The first kappa shape index (κ1) is 14.8. The molecule has 0 unspecified atom stereocenters. The van der Waals surface area contributed by atoms with Gasteiger partial charge in [0, 0.05) is 6.42 Å². The van der Waals surface area contributed by atoms with E-state index in [4.69, 9.17) is 9.47 Å². The minimum Gasteiger partial charge on any atom is -0.468 e. The summed E-state index contributed by atoms with van der Waals surface area (Å²) in [5, 5.41) is 0. The third-order valence-electron chi connectivity index (χ3n) is 4.77. The van der Waals surface area contributed by atoms with E-state index < -0.39 is 22.8 Å². The van der Waals surface area contributed by atoms with Gasteiger partial charge in [-0.15, -0.1) is 0 Å². The molecule has 0 heterocycles. The molecule has 0 saturated heterocycles. The van der Waals surface area contributed by atoms with Crippen LogP contribution in [0, 0.1) is 16.7 Å². The number of allylic oxidation sites excluding steroid dienone is 2. The van der Waals surface area contributed by atoms with Crippen molar-refractivity contribution < 1.29 is 23.9 Å². The van der Waals surface area contributed by atoms with Crippen LogP contribution >= 0.6 is 0 Å². The van der Waals surface area contributed by atoms with Crippen LogP contribution in [0.25, 0.3) is 0 Å². The standard InChI is InChI=1S/C15H20O5/c1-9-5-10(16)6-14(2)8-15(7-11(9)14,12(17)19-3)13(18)20-4/h5,11H,6-8H2,1-4H3/t11-,14-/m1/s1. The summed E-state index contributed by atoms with van der Waals surface area (Å²) in [6, 6.07) is 0. The number of methoxy groups -OCH3 is 2. The third kappa shape index (κ3) is 1.96. The van der Waals surface area contributed by atoms with E-state index in [0.29, 0.717) is 19.3 Å². The second-order valence-corrected chi connectivity index (χ2v) is 6.18. The van der Waals surface area contributed by atoms with Crippen LogP contribution in [-0.2, 0) is 23.9 Å². The Bertz CT molecular complexity index is 488. The molecule has 0 aliphatic heterocycles. The Balaban J connectivity index is 2.46. The minimum atomic E-state index is -1.29. The van der Waals surface area contributed by atoms with Gasteiger partial charge in [0.15, 0.2) is 11.2 Å². The Hall–Kier alpha value is -1.65. The molecule has 5 heteroatoms. The predicted octanol–water partition coefficient (Wildman–Crippen LogP) is 1.65. The summed E-state index contributed by atoms with van der Waals surface area (Å²) in [4.78, 5) is 36.2. The molecule has 2 atom stereocenters. The lowest BCUT2D eigenvalue weighted by molar-refractivity contribution is -0.169. The van der Waals surface area contributed by atoms with E-state index in [0.717, 1.165) is 5.57 Å². The van der Waals surface area contributed by atoms with Gasteiger partial charge in [-0.1, -0.05) is 12.5 Å². The Morgan fingerprint density at radius 2 is 1.80 bits per heavy atom. The Morgan fingerprint density at radius 1 is 1.25 bits per heavy atom. The lowest BCUT2D eigenvalue weighted by Gasteiger charge is -2.34. The first-order valence-corrected chi connectivity index (χ1v) is 6.67. The van der Waals surface area contributed by atoms with Gasteiger partial charge in [-0.2, -0.15) is 0 Å². The van der Waals surface area contributed by atoms with Crippen molar-refractivity contribution in [1.82, 2.24) is 0 Å². The zero-order valence-corrected chi connectivity index (χ0v) is 12.3. The van der Waals surface area contributed by atoms with Crippen molar-refractivity contribution in [2.24, 2.45) is 16.7 Å². The van der Waals surface area contributed by atoms with Gasteiger partial charge in [0.25, 0.3) is 0 Å². The number of rotatable bonds is 2. The fourth-order valence-corrected chi connectivity index (χ4v) is 3.96. The molecule has 0 aromatic carbocycles. The summed E-state index contributed by atoms with van der Waals surface area (Å²) in [6.45, 7) is 3.84. The molecule has 0 aromatic rings. The monoisotopic (exact) mass is 280 g/mol. The second kappa shape index (κ2) is 4.72. The van der Waals surface area contributed by atoms with Crippen molar-refractivity contribution in [2.75, 3.05) is 14.2 Å². The van der Waals surface area contributed by atoms with E-state index in [1.807, 2.05) is 13.8 Å². The van der Waals surface area contributed by atoms with E-state index in [1.54, 1.807) is 6.08 Å². The normalized spacial score (nSPS) is 31.3. The number of fused-ring (bicyclic) bond motifs is 1. The number of carbonyl (C=O) groups excluding carboxylic acids is 3. The number of ketones is 1. The molecule has 0 N–H and O–H groups in total. The molecular weight excluding hydrogens is 260 g/mol. The van der Waals surface area contributed by atoms with Crippen LogP contribution in [-0.4, -0.2) is 31.9 Å². The first-order valence-electron chi connectivity index (χ1n) is 6.67. The maximum absolute atomic E-state index is 12.2. The van der Waals surface area contributed by atoms with Crippen LogP contribution in [0.2, 0.25) is 0 Å². The maximum Gasteiger partial charge on any atom is 0.323 e. The molecule has 20 heavy (non-hydrogen) atoms. The van der Waals surface area contributed by atoms with Crippen LogP contribution in [0.15, 0.2) is 11.6 Å². The SMILES string of the molecule is COC(=O)C1(C(=O)OC)C[C@@H]2C(C)=CC(=O)C[C@]2(C)C1. The summed E-state index contributed by atoms with van der Waals surface area (Å²) in [7, 11) is 2.54. The van der Waals surface area contributed by atoms with Gasteiger partial charge in [0.2, 0.25) is 0 Å². The largest absolute Gasteiger partial charge is 0.468 e. The molecule has 2 aliphatic rings. The van der Waals surface area contributed by atoms with Gasteiger partial charge in [-0.3, -0.25) is 14.4 Å². The van der Waals surface area contributed by atoms with Crippen molar-refractivity contribution >= 4 is 17.7 Å². The molecule has 2 aliphatic carbocycles. The van der Waals surface area contributed by atoms with Gasteiger partial charge in [-0.25, -0.2) is 0 Å². The Labute approximate surface area is 118 Å². The number of hydrogen-bond donors (Lipinski definition) is 0. The Kier molecular flexibility index (Phi) is 3.48. The second-order valence-electron chi connectivity index (χ2n) is 6.18. The zero-order valence-electron chi connectivity index (χ0n) is 12.3. The molecule has 110 valence electrons. The van der Waals surface area contributed by atoms with E-state index in [1.165, 1.54) is 14.2 Å². The molecule has 5 nitrogen and oxygen atoms in total. The predicted molar refractivity (Wildman–Crippen MR) is 70.7 cm³/mol.